The molecule has 1 aliphatic heterocycles. The van der Waals surface area contributed by atoms with Gasteiger partial charge in [0.2, 0.25) is 5.91 Å². The molecule has 5 heteroatoms. The van der Waals surface area contributed by atoms with E-state index in [0.29, 0.717) is 13.1 Å². The van der Waals surface area contributed by atoms with E-state index in [1.54, 1.807) is 4.90 Å². The number of carboxylic acid groups (broad SMARTS) is 1. The summed E-state index contributed by atoms with van der Waals surface area (Å²) in [6.07, 6.45) is 8.88. The lowest BCUT2D eigenvalue weighted by atomic mass is 10.1. The number of hydrogen-bond donors (Lipinski definition) is 1. The first-order valence-corrected chi connectivity index (χ1v) is 6.35. The Morgan fingerprint density at radius 3 is 2.95 bits per heavy atom. The Kier molecular flexibility index (Phi) is 4.04. The molecule has 1 aliphatic rings. The summed E-state index contributed by atoms with van der Waals surface area (Å²) in [7, 11) is 1.96. The lowest BCUT2D eigenvalue weighted by Crippen LogP contribution is -2.27. The van der Waals surface area contributed by atoms with Crippen molar-refractivity contribution in [1.82, 2.24) is 9.47 Å². The molecule has 102 valence electrons. The number of carboxylic acids is 1. The van der Waals surface area contributed by atoms with Crippen molar-refractivity contribution in [3.63, 3.8) is 0 Å². The van der Waals surface area contributed by atoms with E-state index in [4.69, 9.17) is 5.11 Å². The third-order valence-electron chi connectivity index (χ3n) is 3.29. The van der Waals surface area contributed by atoms with Crippen molar-refractivity contribution >= 4 is 18.0 Å². The molecule has 1 aromatic heterocycles. The van der Waals surface area contributed by atoms with E-state index in [1.807, 2.05) is 42.2 Å². The van der Waals surface area contributed by atoms with Crippen LogP contribution in [0.15, 0.2) is 24.5 Å². The van der Waals surface area contributed by atoms with Gasteiger partial charge in [-0.15, -0.1) is 0 Å². The zero-order valence-electron chi connectivity index (χ0n) is 11.0. The highest BCUT2D eigenvalue weighted by molar-refractivity contribution is 5.86. The van der Waals surface area contributed by atoms with Gasteiger partial charge in [-0.25, -0.2) is 0 Å². The second kappa shape index (κ2) is 5.73. The molecule has 1 saturated heterocycles. The summed E-state index contributed by atoms with van der Waals surface area (Å²) in [6.45, 7) is 0.930. The molecular weight excluding hydrogens is 244 g/mol. The van der Waals surface area contributed by atoms with Crippen LogP contribution in [0.3, 0.4) is 0 Å². The highest BCUT2D eigenvalue weighted by atomic mass is 16.4. The van der Waals surface area contributed by atoms with Crippen LogP contribution in [0.2, 0.25) is 0 Å². The minimum Gasteiger partial charge on any atom is -0.481 e. The topological polar surface area (TPSA) is 62.5 Å². The molecular formula is C14H18N2O3. The maximum atomic E-state index is 11.6. The van der Waals surface area contributed by atoms with E-state index < -0.39 is 11.9 Å². The van der Waals surface area contributed by atoms with Crippen molar-refractivity contribution in [3.05, 3.63) is 30.1 Å². The van der Waals surface area contributed by atoms with Crippen LogP contribution >= 0.6 is 0 Å². The molecule has 0 spiro atoms. The summed E-state index contributed by atoms with van der Waals surface area (Å²) in [5.41, 5.74) is 1.12. The van der Waals surface area contributed by atoms with Crippen molar-refractivity contribution in [2.45, 2.75) is 12.8 Å². The Morgan fingerprint density at radius 1 is 1.58 bits per heavy atom. The molecule has 1 N–H and O–H groups in total. The van der Waals surface area contributed by atoms with E-state index in [2.05, 4.69) is 0 Å². The van der Waals surface area contributed by atoms with Gasteiger partial charge in [-0.05, 0) is 18.1 Å². The number of aromatic nitrogens is 1. The van der Waals surface area contributed by atoms with E-state index in [0.717, 1.165) is 12.0 Å². The third kappa shape index (κ3) is 3.47. The van der Waals surface area contributed by atoms with Crippen LogP contribution in [-0.4, -0.2) is 39.5 Å². The number of rotatable bonds is 5. The number of aryl methyl sites for hydroxylation is 1. The lowest BCUT2D eigenvalue weighted by Gasteiger charge is -2.14. The first-order valence-electron chi connectivity index (χ1n) is 6.35. The fourth-order valence-electron chi connectivity index (χ4n) is 2.23. The minimum atomic E-state index is -0.879. The molecule has 0 radical (unpaired) electrons. The molecule has 0 bridgehead atoms. The Labute approximate surface area is 112 Å². The van der Waals surface area contributed by atoms with Crippen LogP contribution in [0.25, 0.3) is 6.08 Å². The average molecular weight is 262 g/mol. The smallest absolute Gasteiger partial charge is 0.308 e. The molecule has 1 aromatic rings. The normalized spacial score (nSPS) is 19.5. The summed E-state index contributed by atoms with van der Waals surface area (Å²) < 4.78 is 1.97. The molecule has 5 nitrogen and oxygen atoms in total. The van der Waals surface area contributed by atoms with Crippen molar-refractivity contribution in [2.75, 3.05) is 13.1 Å². The summed E-state index contributed by atoms with van der Waals surface area (Å²) in [6, 6.07) is 2.01. The van der Waals surface area contributed by atoms with Crippen LogP contribution in [0, 0.1) is 5.92 Å². The second-order valence-electron chi connectivity index (χ2n) is 4.88. The maximum Gasteiger partial charge on any atom is 0.308 e. The summed E-state index contributed by atoms with van der Waals surface area (Å²) in [4.78, 5) is 24.0. The van der Waals surface area contributed by atoms with Gasteiger partial charge in [-0.3, -0.25) is 9.59 Å². The van der Waals surface area contributed by atoms with Crippen molar-refractivity contribution < 1.29 is 14.7 Å². The zero-order chi connectivity index (χ0) is 13.8. The standard InChI is InChI=1S/C14H18N2O3/c1-15-7-5-11(9-15)4-2-3-6-16-10-12(14(18)19)8-13(16)17/h2,4-5,7,9,12H,3,6,8,10H2,1H3,(H,18,19)/b4-2+. The first kappa shape index (κ1) is 13.4. The van der Waals surface area contributed by atoms with Crippen LogP contribution < -0.4 is 0 Å². The minimum absolute atomic E-state index is 0.0551. The molecule has 2 rings (SSSR count). The monoisotopic (exact) mass is 262 g/mol. The third-order valence-corrected chi connectivity index (χ3v) is 3.29. The van der Waals surface area contributed by atoms with Gasteiger partial charge in [0.15, 0.2) is 0 Å². The van der Waals surface area contributed by atoms with Gasteiger partial charge in [0.25, 0.3) is 0 Å². The van der Waals surface area contributed by atoms with E-state index >= 15 is 0 Å². The summed E-state index contributed by atoms with van der Waals surface area (Å²) in [5.74, 6) is -1.47. The van der Waals surface area contributed by atoms with Gasteiger partial charge >= 0.3 is 5.97 Å². The number of likely N-dealkylation sites (tertiary alicyclic amines) is 1. The van der Waals surface area contributed by atoms with Gasteiger partial charge < -0.3 is 14.6 Å². The fourth-order valence-corrected chi connectivity index (χ4v) is 2.23. The Balaban J connectivity index is 1.78. The lowest BCUT2D eigenvalue weighted by molar-refractivity contribution is -0.141. The Morgan fingerprint density at radius 2 is 2.37 bits per heavy atom. The van der Waals surface area contributed by atoms with Gasteiger partial charge in [0, 0.05) is 39.0 Å². The number of amides is 1. The first-order chi connectivity index (χ1) is 9.06. The largest absolute Gasteiger partial charge is 0.481 e. The van der Waals surface area contributed by atoms with E-state index in [1.165, 1.54) is 0 Å². The van der Waals surface area contributed by atoms with Crippen molar-refractivity contribution in [1.29, 1.82) is 0 Å². The highest BCUT2D eigenvalue weighted by Gasteiger charge is 2.33. The molecule has 0 aliphatic carbocycles. The van der Waals surface area contributed by atoms with Crippen molar-refractivity contribution in [3.8, 4) is 0 Å². The Hall–Kier alpha value is -2.04. The molecule has 1 amide bonds. The molecule has 0 aromatic carbocycles. The summed E-state index contributed by atoms with van der Waals surface area (Å²) in [5, 5.41) is 8.88. The van der Waals surface area contributed by atoms with Gasteiger partial charge in [0.1, 0.15) is 0 Å². The Bertz CT molecular complexity index is 505. The molecule has 1 fully saturated rings. The van der Waals surface area contributed by atoms with Gasteiger partial charge in [0.05, 0.1) is 5.92 Å². The van der Waals surface area contributed by atoms with Crippen molar-refractivity contribution in [2.24, 2.45) is 13.0 Å². The predicted octanol–water partition coefficient (Wildman–Crippen LogP) is 1.36. The van der Waals surface area contributed by atoms with Gasteiger partial charge in [-0.2, -0.15) is 0 Å². The zero-order valence-corrected chi connectivity index (χ0v) is 11.0. The fraction of sp³-hybridized carbons (Fsp3) is 0.429. The molecule has 19 heavy (non-hydrogen) atoms. The van der Waals surface area contributed by atoms with Crippen LogP contribution in [0.5, 0.6) is 0 Å². The number of carbonyl (C=O) groups is 2. The molecule has 0 saturated carbocycles. The van der Waals surface area contributed by atoms with E-state index in [9.17, 15) is 9.59 Å². The number of aliphatic carboxylic acids is 1. The maximum absolute atomic E-state index is 11.6. The molecule has 1 atom stereocenters. The SMILES string of the molecule is Cn1ccc(/C=C/CCN2CC(C(=O)O)CC2=O)c1. The molecule has 2 heterocycles. The van der Waals surface area contributed by atoms with Crippen LogP contribution in [0.1, 0.15) is 18.4 Å². The van der Waals surface area contributed by atoms with Gasteiger partial charge in [-0.1, -0.05) is 12.2 Å². The summed E-state index contributed by atoms with van der Waals surface area (Å²) >= 11 is 0. The highest BCUT2D eigenvalue weighted by Crippen LogP contribution is 2.18. The number of hydrogen-bond acceptors (Lipinski definition) is 2. The number of nitrogens with zero attached hydrogens (tertiary/aromatic N) is 2. The quantitative estimate of drug-likeness (QED) is 0.871. The second-order valence-corrected chi connectivity index (χ2v) is 4.88. The van der Waals surface area contributed by atoms with Crippen LogP contribution in [-0.2, 0) is 16.6 Å². The van der Waals surface area contributed by atoms with E-state index in [-0.39, 0.29) is 12.3 Å². The average Bonchev–Trinajstić information content (AvgIpc) is 2.92. The number of carbonyl (C=O) groups excluding carboxylic acids is 1. The van der Waals surface area contributed by atoms with Crippen LogP contribution in [0.4, 0.5) is 0 Å². The predicted molar refractivity (Wildman–Crippen MR) is 71.4 cm³/mol. The molecule has 1 unspecified atom stereocenters.